The third kappa shape index (κ3) is 5.39. The summed E-state index contributed by atoms with van der Waals surface area (Å²) in [6.07, 6.45) is 1.72. The molecule has 1 aromatic carbocycles. The first kappa shape index (κ1) is 18.1. The molecule has 21 heavy (non-hydrogen) atoms. The molecule has 1 aromatic rings. The summed E-state index contributed by atoms with van der Waals surface area (Å²) in [4.78, 5) is -0.0972. The summed E-state index contributed by atoms with van der Waals surface area (Å²) in [5.41, 5.74) is 0. The molecule has 0 saturated carbocycles. The van der Waals surface area contributed by atoms with Crippen LogP contribution >= 0.6 is 0 Å². The number of primary sulfonamides is 1. The van der Waals surface area contributed by atoms with Crippen molar-refractivity contribution in [1.29, 1.82) is 0 Å². The zero-order valence-corrected chi connectivity index (χ0v) is 14.0. The van der Waals surface area contributed by atoms with Crippen LogP contribution in [0.4, 0.5) is 0 Å². The van der Waals surface area contributed by atoms with Gasteiger partial charge in [0.25, 0.3) is 0 Å². The van der Waals surface area contributed by atoms with E-state index in [1.807, 2.05) is 6.92 Å². The van der Waals surface area contributed by atoms with Crippen molar-refractivity contribution in [3.8, 4) is 0 Å². The molecule has 0 radical (unpaired) electrons. The molecule has 8 heteroatoms. The predicted octanol–water partition coefficient (Wildman–Crippen LogP) is 1.44. The molecule has 0 saturated heterocycles. The quantitative estimate of drug-likeness (QED) is 0.786. The molecule has 0 heterocycles. The number of rotatable bonds is 7. The SMILES string of the molecule is CCC(C)CC(C)NS(=O)(=O)c1ccc(S(N)(=O)=O)cc1. The van der Waals surface area contributed by atoms with Crippen LogP contribution in [0.3, 0.4) is 0 Å². The molecule has 0 aliphatic carbocycles. The highest BCUT2D eigenvalue weighted by Crippen LogP contribution is 2.16. The van der Waals surface area contributed by atoms with Gasteiger partial charge in [-0.3, -0.25) is 0 Å². The van der Waals surface area contributed by atoms with Crippen LogP contribution in [-0.4, -0.2) is 22.9 Å². The zero-order valence-electron chi connectivity index (χ0n) is 12.4. The van der Waals surface area contributed by atoms with Crippen LogP contribution in [0.15, 0.2) is 34.1 Å². The van der Waals surface area contributed by atoms with E-state index in [-0.39, 0.29) is 15.8 Å². The Labute approximate surface area is 126 Å². The lowest BCUT2D eigenvalue weighted by molar-refractivity contribution is 0.445. The third-order valence-electron chi connectivity index (χ3n) is 3.27. The van der Waals surface area contributed by atoms with Crippen molar-refractivity contribution in [2.45, 2.75) is 49.4 Å². The molecule has 6 nitrogen and oxygen atoms in total. The highest BCUT2D eigenvalue weighted by atomic mass is 32.2. The standard InChI is InChI=1S/C13H22N2O4S2/c1-4-10(2)9-11(3)15-21(18,19)13-7-5-12(6-8-13)20(14,16)17/h5-8,10-11,15H,4,9H2,1-3H3,(H2,14,16,17). The number of hydrogen-bond donors (Lipinski definition) is 2. The summed E-state index contributed by atoms with van der Waals surface area (Å²) in [7, 11) is -7.48. The van der Waals surface area contributed by atoms with E-state index >= 15 is 0 Å². The van der Waals surface area contributed by atoms with Gasteiger partial charge in [-0.05, 0) is 43.5 Å². The van der Waals surface area contributed by atoms with Crippen molar-refractivity contribution < 1.29 is 16.8 Å². The van der Waals surface area contributed by atoms with E-state index in [4.69, 9.17) is 5.14 Å². The van der Waals surface area contributed by atoms with Crippen LogP contribution in [0.5, 0.6) is 0 Å². The first-order valence-electron chi connectivity index (χ1n) is 6.71. The van der Waals surface area contributed by atoms with Crippen LogP contribution in [0.1, 0.15) is 33.6 Å². The second kappa shape index (κ2) is 6.87. The molecule has 0 aliphatic heterocycles. The van der Waals surface area contributed by atoms with Gasteiger partial charge < -0.3 is 0 Å². The minimum Gasteiger partial charge on any atom is -0.225 e. The van der Waals surface area contributed by atoms with Gasteiger partial charge in [0.1, 0.15) is 0 Å². The molecule has 0 fully saturated rings. The molecule has 0 bridgehead atoms. The second-order valence-corrected chi connectivity index (χ2v) is 8.56. The van der Waals surface area contributed by atoms with E-state index in [1.165, 1.54) is 24.3 Å². The van der Waals surface area contributed by atoms with Crippen molar-refractivity contribution in [2.24, 2.45) is 11.1 Å². The Hall–Kier alpha value is -0.960. The van der Waals surface area contributed by atoms with Gasteiger partial charge in [-0.2, -0.15) is 0 Å². The van der Waals surface area contributed by atoms with Crippen LogP contribution in [0.25, 0.3) is 0 Å². The van der Waals surface area contributed by atoms with Gasteiger partial charge >= 0.3 is 0 Å². The predicted molar refractivity (Wildman–Crippen MR) is 81.7 cm³/mol. The van der Waals surface area contributed by atoms with E-state index < -0.39 is 20.0 Å². The number of nitrogens with one attached hydrogen (secondary N) is 1. The molecular weight excluding hydrogens is 312 g/mol. The van der Waals surface area contributed by atoms with Crippen LogP contribution in [-0.2, 0) is 20.0 Å². The molecule has 2 unspecified atom stereocenters. The Kier molecular flexibility index (Phi) is 5.92. The molecule has 0 amide bonds. The fourth-order valence-corrected chi connectivity index (χ4v) is 3.73. The molecule has 120 valence electrons. The van der Waals surface area contributed by atoms with Gasteiger partial charge in [-0.25, -0.2) is 26.7 Å². The Morgan fingerprint density at radius 1 is 1.05 bits per heavy atom. The molecule has 2 atom stereocenters. The monoisotopic (exact) mass is 334 g/mol. The Bertz CT molecular complexity index is 667. The molecule has 0 spiro atoms. The van der Waals surface area contributed by atoms with E-state index in [2.05, 4.69) is 18.6 Å². The summed E-state index contributed by atoms with van der Waals surface area (Å²) in [5.74, 6) is 0.424. The number of nitrogens with two attached hydrogens (primary N) is 1. The Morgan fingerprint density at radius 2 is 1.52 bits per heavy atom. The van der Waals surface area contributed by atoms with Gasteiger partial charge in [-0.15, -0.1) is 0 Å². The fourth-order valence-electron chi connectivity index (χ4n) is 1.96. The summed E-state index contributed by atoms with van der Waals surface area (Å²) >= 11 is 0. The third-order valence-corrected chi connectivity index (χ3v) is 5.81. The molecule has 0 aliphatic rings. The maximum Gasteiger partial charge on any atom is 0.240 e. The van der Waals surface area contributed by atoms with Gasteiger partial charge in [0.15, 0.2) is 0 Å². The van der Waals surface area contributed by atoms with Crippen molar-refractivity contribution in [2.75, 3.05) is 0 Å². The Balaban J connectivity index is 2.88. The maximum absolute atomic E-state index is 12.2. The van der Waals surface area contributed by atoms with Crippen LogP contribution in [0.2, 0.25) is 0 Å². The first-order valence-corrected chi connectivity index (χ1v) is 9.74. The average molecular weight is 334 g/mol. The van der Waals surface area contributed by atoms with Crippen molar-refractivity contribution in [3.05, 3.63) is 24.3 Å². The van der Waals surface area contributed by atoms with E-state index in [9.17, 15) is 16.8 Å². The van der Waals surface area contributed by atoms with Crippen LogP contribution < -0.4 is 9.86 Å². The number of benzene rings is 1. The summed E-state index contributed by atoms with van der Waals surface area (Å²) in [5, 5.41) is 4.97. The summed E-state index contributed by atoms with van der Waals surface area (Å²) in [6.45, 7) is 5.92. The average Bonchev–Trinajstić information content (AvgIpc) is 2.37. The summed E-state index contributed by atoms with van der Waals surface area (Å²) in [6, 6.07) is 4.64. The van der Waals surface area contributed by atoms with E-state index in [1.54, 1.807) is 0 Å². The van der Waals surface area contributed by atoms with Gasteiger partial charge in [0, 0.05) is 6.04 Å². The van der Waals surface area contributed by atoms with Gasteiger partial charge in [0.05, 0.1) is 9.79 Å². The molecule has 1 rings (SSSR count). The highest BCUT2D eigenvalue weighted by molar-refractivity contribution is 7.89. The van der Waals surface area contributed by atoms with Crippen LogP contribution in [0, 0.1) is 5.92 Å². The first-order chi connectivity index (χ1) is 9.56. The smallest absolute Gasteiger partial charge is 0.225 e. The van der Waals surface area contributed by atoms with Crippen molar-refractivity contribution in [3.63, 3.8) is 0 Å². The lowest BCUT2D eigenvalue weighted by Crippen LogP contribution is -2.33. The normalized spacial score (nSPS) is 15.6. The van der Waals surface area contributed by atoms with E-state index in [0.717, 1.165) is 12.8 Å². The zero-order chi connectivity index (χ0) is 16.3. The molecule has 3 N–H and O–H groups in total. The lowest BCUT2D eigenvalue weighted by Gasteiger charge is -2.17. The lowest BCUT2D eigenvalue weighted by atomic mass is 10.0. The van der Waals surface area contributed by atoms with Crippen molar-refractivity contribution in [1.82, 2.24) is 4.72 Å². The highest BCUT2D eigenvalue weighted by Gasteiger charge is 2.19. The summed E-state index contributed by atoms with van der Waals surface area (Å²) < 4.78 is 49.2. The second-order valence-electron chi connectivity index (χ2n) is 5.29. The Morgan fingerprint density at radius 3 is 1.95 bits per heavy atom. The topological polar surface area (TPSA) is 106 Å². The largest absolute Gasteiger partial charge is 0.240 e. The number of sulfonamides is 2. The fraction of sp³-hybridized carbons (Fsp3) is 0.538. The minimum atomic E-state index is -3.82. The number of hydrogen-bond acceptors (Lipinski definition) is 4. The minimum absolute atomic E-state index is 0.0194. The molecule has 0 aromatic heterocycles. The van der Waals surface area contributed by atoms with Gasteiger partial charge in [0.2, 0.25) is 20.0 Å². The van der Waals surface area contributed by atoms with E-state index in [0.29, 0.717) is 5.92 Å². The van der Waals surface area contributed by atoms with Gasteiger partial charge in [-0.1, -0.05) is 20.3 Å². The molecular formula is C13H22N2O4S2. The van der Waals surface area contributed by atoms with Crippen molar-refractivity contribution >= 4 is 20.0 Å². The maximum atomic E-state index is 12.2.